The molecule has 4 aromatic heterocycles. The van der Waals surface area contributed by atoms with Gasteiger partial charge in [0, 0.05) is 57.3 Å². The Labute approximate surface area is 329 Å². The van der Waals surface area contributed by atoms with E-state index in [1.54, 1.807) is 0 Å². The van der Waals surface area contributed by atoms with Crippen LogP contribution in [-0.4, -0.2) is 19.1 Å². The maximum absolute atomic E-state index is 5.06. The molecule has 0 aliphatic heterocycles. The second-order valence-electron chi connectivity index (χ2n) is 15.7. The third-order valence-corrected chi connectivity index (χ3v) is 13.1. The molecule has 0 bridgehead atoms. The van der Waals surface area contributed by atoms with E-state index in [-0.39, 0.29) is 11.3 Å². The molecule has 10 aromatic rings. The third-order valence-electron chi connectivity index (χ3n) is 13.1. The Bertz CT molecular complexity index is 3310. The number of fused-ring (bicyclic) bond motifs is 17. The molecule has 1 spiro atoms. The quantitative estimate of drug-likeness (QED) is 0.182. The summed E-state index contributed by atoms with van der Waals surface area (Å²) in [5.41, 5.74) is 18.0. The van der Waals surface area contributed by atoms with E-state index in [4.69, 9.17) is 9.97 Å². The van der Waals surface area contributed by atoms with Crippen LogP contribution in [0.1, 0.15) is 28.2 Å². The normalized spacial score (nSPS) is 18.8. The van der Waals surface area contributed by atoms with Crippen LogP contribution in [0.5, 0.6) is 0 Å². The van der Waals surface area contributed by atoms with Crippen molar-refractivity contribution in [1.29, 1.82) is 0 Å². The maximum atomic E-state index is 5.06. The third kappa shape index (κ3) is 3.96. The van der Waals surface area contributed by atoms with Crippen LogP contribution in [-0.2, 0) is 5.41 Å². The second-order valence-corrected chi connectivity index (χ2v) is 15.7. The molecular weight excluding hydrogens is 693 g/mol. The number of rotatable bonds is 3. The van der Waals surface area contributed by atoms with Crippen molar-refractivity contribution in [2.45, 2.75) is 11.3 Å². The van der Waals surface area contributed by atoms with E-state index < -0.39 is 0 Å². The molecule has 57 heavy (non-hydrogen) atoms. The van der Waals surface area contributed by atoms with Crippen LogP contribution in [0.2, 0.25) is 0 Å². The first-order valence-corrected chi connectivity index (χ1v) is 19.8. The van der Waals surface area contributed by atoms with E-state index in [0.717, 1.165) is 39.0 Å². The smallest absolute Gasteiger partial charge is 0.145 e. The number of benzene rings is 6. The van der Waals surface area contributed by atoms with Gasteiger partial charge in [-0.25, -0.2) is 4.98 Å². The summed E-state index contributed by atoms with van der Waals surface area (Å²) in [7, 11) is 0. The predicted octanol–water partition coefficient (Wildman–Crippen LogP) is 12.5. The van der Waals surface area contributed by atoms with Gasteiger partial charge in [-0.3, -0.25) is 9.55 Å². The lowest BCUT2D eigenvalue weighted by Crippen LogP contribution is -2.32. The Morgan fingerprint density at radius 1 is 0.474 bits per heavy atom. The molecule has 4 heterocycles. The van der Waals surface area contributed by atoms with Crippen molar-refractivity contribution in [1.82, 2.24) is 19.1 Å². The molecule has 4 heteroatoms. The highest BCUT2D eigenvalue weighted by molar-refractivity contribution is 6.15. The van der Waals surface area contributed by atoms with E-state index in [9.17, 15) is 0 Å². The zero-order chi connectivity index (χ0) is 37.2. The zero-order valence-corrected chi connectivity index (χ0v) is 30.9. The van der Waals surface area contributed by atoms with Gasteiger partial charge in [0.25, 0.3) is 0 Å². The topological polar surface area (TPSA) is 35.6 Å². The summed E-state index contributed by atoms with van der Waals surface area (Å²) in [6.07, 6.45) is 13.2. The van der Waals surface area contributed by atoms with E-state index in [1.807, 2.05) is 18.5 Å². The van der Waals surface area contributed by atoms with E-state index >= 15 is 0 Å². The van der Waals surface area contributed by atoms with Crippen molar-refractivity contribution in [3.05, 3.63) is 217 Å². The van der Waals surface area contributed by atoms with Crippen molar-refractivity contribution in [2.75, 3.05) is 0 Å². The minimum absolute atomic E-state index is 0.285. The highest BCUT2D eigenvalue weighted by atomic mass is 15.0. The van der Waals surface area contributed by atoms with Crippen LogP contribution < -0.4 is 0 Å². The number of nitrogens with zero attached hydrogens (tertiary/aromatic N) is 4. The van der Waals surface area contributed by atoms with E-state index in [1.165, 1.54) is 60.8 Å². The van der Waals surface area contributed by atoms with Crippen molar-refractivity contribution >= 4 is 43.9 Å². The van der Waals surface area contributed by atoms with Gasteiger partial charge in [0.05, 0.1) is 27.5 Å². The highest BCUT2D eigenvalue weighted by Crippen LogP contribution is 2.66. The SMILES string of the molecule is C1=CC2c3ccccc3C3(c4ccccc4-c4c3ccc3c5cccnc5n(-c5ccc(-c6ccc(-n7c8ccccc8c8ncccc87)cc6)cc5)c43)C2C=C1. The zero-order valence-electron chi connectivity index (χ0n) is 30.9. The summed E-state index contributed by atoms with van der Waals surface area (Å²) in [6.45, 7) is 0. The number of para-hydroxylation sites is 1. The highest BCUT2D eigenvalue weighted by Gasteiger charge is 2.57. The van der Waals surface area contributed by atoms with Crippen LogP contribution in [0, 0.1) is 5.92 Å². The van der Waals surface area contributed by atoms with Gasteiger partial charge >= 0.3 is 0 Å². The molecule has 0 saturated carbocycles. The van der Waals surface area contributed by atoms with Crippen LogP contribution in [0.15, 0.2) is 194 Å². The molecule has 6 aromatic carbocycles. The Hall–Kier alpha value is -7.30. The molecule has 3 aliphatic rings. The van der Waals surface area contributed by atoms with Gasteiger partial charge in [0.1, 0.15) is 5.65 Å². The van der Waals surface area contributed by atoms with E-state index in [2.05, 4.69) is 185 Å². The van der Waals surface area contributed by atoms with Gasteiger partial charge in [-0.1, -0.05) is 127 Å². The van der Waals surface area contributed by atoms with Crippen LogP contribution in [0.3, 0.4) is 0 Å². The minimum atomic E-state index is -0.289. The summed E-state index contributed by atoms with van der Waals surface area (Å²) < 4.78 is 4.73. The first-order chi connectivity index (χ1) is 28.3. The predicted molar refractivity (Wildman–Crippen MR) is 232 cm³/mol. The molecule has 0 amide bonds. The van der Waals surface area contributed by atoms with Gasteiger partial charge in [-0.2, -0.15) is 0 Å². The second kappa shape index (κ2) is 11.4. The Balaban J connectivity index is 0.981. The van der Waals surface area contributed by atoms with Crippen molar-refractivity contribution < 1.29 is 0 Å². The fourth-order valence-electron chi connectivity index (χ4n) is 10.9. The largest absolute Gasteiger partial charge is 0.308 e. The lowest BCUT2D eigenvalue weighted by atomic mass is 9.65. The molecule has 0 saturated heterocycles. The van der Waals surface area contributed by atoms with Crippen molar-refractivity contribution in [3.63, 3.8) is 0 Å². The number of aromatic nitrogens is 4. The average Bonchev–Trinajstić information content (AvgIpc) is 3.99. The van der Waals surface area contributed by atoms with Crippen LogP contribution >= 0.6 is 0 Å². The molecule has 13 rings (SSSR count). The van der Waals surface area contributed by atoms with Gasteiger partial charge in [0.2, 0.25) is 0 Å². The van der Waals surface area contributed by atoms with Gasteiger partial charge < -0.3 is 4.57 Å². The molecule has 4 nitrogen and oxygen atoms in total. The van der Waals surface area contributed by atoms with Crippen LogP contribution in [0.4, 0.5) is 0 Å². The fourth-order valence-corrected chi connectivity index (χ4v) is 10.9. The Kier molecular flexibility index (Phi) is 6.18. The molecule has 3 unspecified atom stereocenters. The average molecular weight is 727 g/mol. The first kappa shape index (κ1) is 31.0. The molecule has 0 fully saturated rings. The first-order valence-electron chi connectivity index (χ1n) is 19.8. The number of hydrogen-bond donors (Lipinski definition) is 0. The molecular formula is C53H34N4. The lowest BCUT2D eigenvalue weighted by molar-refractivity contribution is 0.466. The summed E-state index contributed by atoms with van der Waals surface area (Å²) in [4.78, 5) is 9.79. The summed E-state index contributed by atoms with van der Waals surface area (Å²) in [6, 6.07) is 58.0. The van der Waals surface area contributed by atoms with Gasteiger partial charge in [0.15, 0.2) is 0 Å². The molecule has 3 aliphatic carbocycles. The van der Waals surface area contributed by atoms with Crippen molar-refractivity contribution in [2.24, 2.45) is 5.92 Å². The standard InChI is InChI=1S/C53H34N4/c1-5-16-43-37(11-1)38-12-2-6-17-44(38)53(43)45-18-7-3-13-41(45)49-46(53)30-29-39-40-15-9-32-55-52(40)57(51(39)49)36-27-23-34(24-28-36)33-21-25-35(26-22-33)56-47-19-8-4-14-42(47)50-48(56)20-10-31-54-50/h1-32,37,43H. The molecule has 0 radical (unpaired) electrons. The lowest BCUT2D eigenvalue weighted by Gasteiger charge is -2.36. The molecule has 3 atom stereocenters. The number of pyridine rings is 2. The minimum Gasteiger partial charge on any atom is -0.308 e. The van der Waals surface area contributed by atoms with Gasteiger partial charge in [-0.05, 0) is 93.5 Å². The summed E-state index contributed by atoms with van der Waals surface area (Å²) >= 11 is 0. The molecule has 266 valence electrons. The molecule has 0 N–H and O–H groups in total. The summed E-state index contributed by atoms with van der Waals surface area (Å²) in [5, 5.41) is 3.56. The maximum Gasteiger partial charge on any atom is 0.145 e. The monoisotopic (exact) mass is 726 g/mol. The Morgan fingerprint density at radius 3 is 2.00 bits per heavy atom. The number of allylic oxidation sites excluding steroid dienone is 4. The van der Waals surface area contributed by atoms with E-state index in [0.29, 0.717) is 5.92 Å². The summed E-state index contributed by atoms with van der Waals surface area (Å²) in [5.74, 6) is 0.613. The van der Waals surface area contributed by atoms with Crippen LogP contribution in [0.25, 0.3) is 77.5 Å². The Morgan fingerprint density at radius 2 is 1.14 bits per heavy atom. The van der Waals surface area contributed by atoms with Gasteiger partial charge in [-0.15, -0.1) is 0 Å². The van der Waals surface area contributed by atoms with Crippen molar-refractivity contribution in [3.8, 4) is 33.6 Å². The number of hydrogen-bond acceptors (Lipinski definition) is 2. The fraction of sp³-hybridized carbons (Fsp3) is 0.0566.